The first-order chi connectivity index (χ1) is 8.70. The molecule has 0 rings (SSSR count). The van der Waals surface area contributed by atoms with Crippen molar-refractivity contribution in [2.75, 3.05) is 7.11 Å². The number of methoxy groups -OCH3 is 1. The molecule has 0 aromatic carbocycles. The molecule has 0 radical (unpaired) electrons. The smallest absolute Gasteiger partial charge is 0.330 e. The van der Waals surface area contributed by atoms with Crippen molar-refractivity contribution in [1.29, 1.82) is 0 Å². The van der Waals surface area contributed by atoms with E-state index in [1.807, 2.05) is 12.2 Å². The van der Waals surface area contributed by atoms with Crippen molar-refractivity contribution in [1.82, 2.24) is 0 Å². The second-order valence-electron chi connectivity index (χ2n) is 3.91. The Morgan fingerprint density at radius 2 is 1.72 bits per heavy atom. The number of hydrogen-bond acceptors (Lipinski definition) is 3. The molecule has 0 fully saturated rings. The van der Waals surface area contributed by atoms with E-state index in [9.17, 15) is 9.59 Å². The maximum absolute atomic E-state index is 11.5. The summed E-state index contributed by atoms with van der Waals surface area (Å²) in [5.41, 5.74) is 0. The zero-order chi connectivity index (χ0) is 13.6. The van der Waals surface area contributed by atoms with Gasteiger partial charge in [-0.15, -0.1) is 0 Å². The van der Waals surface area contributed by atoms with Gasteiger partial charge < -0.3 is 4.74 Å². The Bertz CT molecular complexity index is 314. The Morgan fingerprint density at radius 1 is 1.11 bits per heavy atom. The number of ketones is 1. The van der Waals surface area contributed by atoms with Crippen molar-refractivity contribution in [3.05, 3.63) is 37.0 Å². The predicted molar refractivity (Wildman–Crippen MR) is 73.2 cm³/mol. The molecule has 0 unspecified atom stereocenters. The fourth-order valence-electron chi connectivity index (χ4n) is 1.40. The van der Waals surface area contributed by atoms with E-state index in [0.29, 0.717) is 12.8 Å². The summed E-state index contributed by atoms with van der Waals surface area (Å²) in [7, 11) is 1.34. The summed E-state index contributed by atoms with van der Waals surface area (Å²) in [6, 6.07) is 0. The van der Waals surface area contributed by atoms with Gasteiger partial charge >= 0.3 is 5.97 Å². The van der Waals surface area contributed by atoms with Gasteiger partial charge in [-0.3, -0.25) is 4.79 Å². The summed E-state index contributed by atoms with van der Waals surface area (Å²) in [6.07, 6.45) is 13.3. The lowest BCUT2D eigenvalue weighted by Crippen LogP contribution is -1.97. The van der Waals surface area contributed by atoms with Gasteiger partial charge in [0.2, 0.25) is 0 Å². The van der Waals surface area contributed by atoms with E-state index in [0.717, 1.165) is 25.7 Å². The van der Waals surface area contributed by atoms with Gasteiger partial charge in [0.15, 0.2) is 0 Å². The number of carbonyl (C=O) groups is 2. The Balaban J connectivity index is 3.48. The minimum absolute atomic E-state index is 0.286. The van der Waals surface area contributed by atoms with E-state index in [4.69, 9.17) is 0 Å². The molecule has 0 saturated carbocycles. The Labute approximate surface area is 109 Å². The molecule has 0 spiro atoms. The fourth-order valence-corrected chi connectivity index (χ4v) is 1.40. The van der Waals surface area contributed by atoms with Crippen molar-refractivity contribution in [2.45, 2.75) is 38.5 Å². The number of esters is 1. The Hall–Kier alpha value is -1.64. The number of rotatable bonds is 10. The van der Waals surface area contributed by atoms with Gasteiger partial charge in [0.25, 0.3) is 0 Å². The first kappa shape index (κ1) is 16.4. The first-order valence-electron chi connectivity index (χ1n) is 6.24. The number of Topliss-reactive ketones (excluding diaryl/α,β-unsaturated/α-hetero) is 1. The van der Waals surface area contributed by atoms with Crippen molar-refractivity contribution in [3.63, 3.8) is 0 Å². The van der Waals surface area contributed by atoms with Gasteiger partial charge in [-0.1, -0.05) is 30.9 Å². The van der Waals surface area contributed by atoms with Crippen LogP contribution in [0.4, 0.5) is 0 Å². The number of unbranched alkanes of at least 4 members (excludes halogenated alkanes) is 2. The lowest BCUT2D eigenvalue weighted by molar-refractivity contribution is -0.134. The summed E-state index contributed by atoms with van der Waals surface area (Å²) < 4.78 is 4.46. The molecule has 100 valence electrons. The number of hydrogen-bond donors (Lipinski definition) is 0. The third kappa shape index (κ3) is 10.9. The molecule has 0 bridgehead atoms. The summed E-state index contributed by atoms with van der Waals surface area (Å²) >= 11 is 0. The van der Waals surface area contributed by atoms with E-state index >= 15 is 0 Å². The minimum Gasteiger partial charge on any atom is -0.466 e. The maximum atomic E-state index is 11.5. The van der Waals surface area contributed by atoms with Crippen LogP contribution in [0.25, 0.3) is 0 Å². The summed E-state index contributed by atoms with van der Waals surface area (Å²) in [6.45, 7) is 3.58. The highest BCUT2D eigenvalue weighted by molar-refractivity contribution is 5.81. The van der Waals surface area contributed by atoms with Crippen LogP contribution in [-0.2, 0) is 14.3 Å². The second kappa shape index (κ2) is 11.8. The van der Waals surface area contributed by atoms with Gasteiger partial charge in [0.05, 0.1) is 7.11 Å². The molecule has 18 heavy (non-hydrogen) atoms. The van der Waals surface area contributed by atoms with Crippen molar-refractivity contribution in [2.24, 2.45) is 0 Å². The molecule has 0 aromatic heterocycles. The molecular formula is C15H22O3. The van der Waals surface area contributed by atoms with Gasteiger partial charge in [-0.05, 0) is 25.7 Å². The Kier molecular flexibility index (Phi) is 10.8. The minimum atomic E-state index is -0.352. The van der Waals surface area contributed by atoms with Crippen LogP contribution >= 0.6 is 0 Å². The van der Waals surface area contributed by atoms with Crippen LogP contribution in [0.2, 0.25) is 0 Å². The number of allylic oxidation sites excluding steroid dienone is 4. The van der Waals surface area contributed by atoms with Gasteiger partial charge in [0.1, 0.15) is 5.78 Å². The lowest BCUT2D eigenvalue weighted by atomic mass is 10.1. The quantitative estimate of drug-likeness (QED) is 0.258. The van der Waals surface area contributed by atoms with Crippen molar-refractivity contribution in [3.8, 4) is 0 Å². The molecule has 0 aliphatic rings. The predicted octanol–water partition coefficient (Wildman–Crippen LogP) is 3.37. The zero-order valence-corrected chi connectivity index (χ0v) is 11.1. The van der Waals surface area contributed by atoms with E-state index in [1.165, 1.54) is 13.2 Å². The second-order valence-corrected chi connectivity index (χ2v) is 3.91. The molecule has 0 aliphatic heterocycles. The van der Waals surface area contributed by atoms with Gasteiger partial charge in [-0.25, -0.2) is 4.79 Å². The van der Waals surface area contributed by atoms with E-state index in [1.54, 1.807) is 12.2 Å². The molecule has 0 heterocycles. The largest absolute Gasteiger partial charge is 0.466 e. The third-order valence-corrected chi connectivity index (χ3v) is 2.38. The Morgan fingerprint density at radius 3 is 2.28 bits per heavy atom. The molecule has 3 nitrogen and oxygen atoms in total. The van der Waals surface area contributed by atoms with E-state index in [-0.39, 0.29) is 11.8 Å². The molecule has 0 atom stereocenters. The van der Waals surface area contributed by atoms with Crippen molar-refractivity contribution >= 4 is 11.8 Å². The third-order valence-electron chi connectivity index (χ3n) is 2.38. The van der Waals surface area contributed by atoms with E-state index in [2.05, 4.69) is 11.3 Å². The average molecular weight is 250 g/mol. The van der Waals surface area contributed by atoms with E-state index < -0.39 is 0 Å². The molecular weight excluding hydrogens is 228 g/mol. The lowest BCUT2D eigenvalue weighted by Gasteiger charge is -1.98. The van der Waals surface area contributed by atoms with Crippen LogP contribution in [0, 0.1) is 0 Å². The van der Waals surface area contributed by atoms with Crippen LogP contribution in [0.5, 0.6) is 0 Å². The maximum Gasteiger partial charge on any atom is 0.330 e. The molecule has 0 amide bonds. The highest BCUT2D eigenvalue weighted by atomic mass is 16.5. The summed E-state index contributed by atoms with van der Waals surface area (Å²) in [5.74, 6) is -0.0659. The highest BCUT2D eigenvalue weighted by Crippen LogP contribution is 2.05. The van der Waals surface area contributed by atoms with Crippen LogP contribution in [0.15, 0.2) is 37.0 Å². The standard InChI is InChI=1S/C15H22O3/c1-3-4-5-6-8-11-14(16)12-9-7-10-13-15(17)18-2/h3-5,10,13H,1,6-9,11-12H2,2H3/b5-4+,13-10+. The number of carbonyl (C=O) groups excluding carboxylic acids is 2. The highest BCUT2D eigenvalue weighted by Gasteiger charge is 2.00. The monoisotopic (exact) mass is 250 g/mol. The van der Waals surface area contributed by atoms with Crippen molar-refractivity contribution < 1.29 is 14.3 Å². The van der Waals surface area contributed by atoms with Crippen LogP contribution in [0.3, 0.4) is 0 Å². The first-order valence-corrected chi connectivity index (χ1v) is 6.24. The number of ether oxygens (including phenoxy) is 1. The molecule has 0 aromatic rings. The molecule has 0 saturated heterocycles. The fraction of sp³-hybridized carbons (Fsp3) is 0.467. The molecule has 0 aliphatic carbocycles. The average Bonchev–Trinajstić information content (AvgIpc) is 2.37. The van der Waals surface area contributed by atoms with Crippen LogP contribution in [-0.4, -0.2) is 18.9 Å². The van der Waals surface area contributed by atoms with Gasteiger partial charge in [-0.2, -0.15) is 0 Å². The summed E-state index contributed by atoms with van der Waals surface area (Å²) in [5, 5.41) is 0. The van der Waals surface area contributed by atoms with Gasteiger partial charge in [0, 0.05) is 18.9 Å². The molecule has 0 N–H and O–H groups in total. The SMILES string of the molecule is C=C/C=C/CCCC(=O)CCC/C=C/C(=O)OC. The normalized spacial score (nSPS) is 10.9. The molecule has 3 heteroatoms. The topological polar surface area (TPSA) is 43.4 Å². The zero-order valence-electron chi connectivity index (χ0n) is 11.1. The van der Waals surface area contributed by atoms with Crippen LogP contribution in [0.1, 0.15) is 38.5 Å². The summed E-state index contributed by atoms with van der Waals surface area (Å²) in [4.78, 5) is 22.2. The van der Waals surface area contributed by atoms with Crippen LogP contribution < -0.4 is 0 Å².